The quantitative estimate of drug-likeness (QED) is 0.782. The van der Waals surface area contributed by atoms with Gasteiger partial charge in [-0.25, -0.2) is 0 Å². The lowest BCUT2D eigenvalue weighted by molar-refractivity contribution is 0.0929. The Hall–Kier alpha value is -3.15. The predicted octanol–water partition coefficient (Wildman–Crippen LogP) is 3.34. The number of nitrogens with one attached hydrogen (secondary N) is 1. The summed E-state index contributed by atoms with van der Waals surface area (Å²) in [5.74, 6) is 1.72. The van der Waals surface area contributed by atoms with Gasteiger partial charge in [0.2, 0.25) is 11.8 Å². The molecule has 0 unspecified atom stereocenters. The Labute approximate surface area is 151 Å². The lowest BCUT2D eigenvalue weighted by atomic mass is 9.97. The predicted molar refractivity (Wildman–Crippen MR) is 96.1 cm³/mol. The van der Waals surface area contributed by atoms with Crippen LogP contribution in [0.15, 0.2) is 52.9 Å². The Balaban J connectivity index is 1.49. The molecular weight excluding hydrogens is 330 g/mol. The summed E-state index contributed by atoms with van der Waals surface area (Å²) in [7, 11) is 0. The summed E-state index contributed by atoms with van der Waals surface area (Å²) in [5, 5.41) is 10.8. The van der Waals surface area contributed by atoms with E-state index in [1.54, 1.807) is 19.1 Å². The van der Waals surface area contributed by atoms with E-state index in [0.29, 0.717) is 29.5 Å². The highest BCUT2D eigenvalue weighted by Crippen LogP contribution is 2.37. The number of carbonyl (C=O) groups excluding carboxylic acids is 1. The zero-order chi connectivity index (χ0) is 18.1. The molecule has 6 nitrogen and oxygen atoms in total. The second kappa shape index (κ2) is 6.63. The number of nitrogens with zero attached hydrogens (tertiary/aromatic N) is 2. The number of rotatable bonds is 4. The molecule has 3 aromatic rings. The molecule has 2 atom stereocenters. The van der Waals surface area contributed by atoms with Crippen molar-refractivity contribution in [1.29, 1.82) is 0 Å². The molecule has 132 valence electrons. The maximum atomic E-state index is 12.7. The van der Waals surface area contributed by atoms with Gasteiger partial charge < -0.3 is 14.5 Å². The van der Waals surface area contributed by atoms with Crippen LogP contribution >= 0.6 is 0 Å². The van der Waals surface area contributed by atoms with Crippen LogP contribution in [0.2, 0.25) is 0 Å². The standard InChI is InChI=1S/C20H19N3O3/c1-12-14-7-5-6-10-17(14)26-18(12)11-21-19(24)15-8-3-4-9-16(15)20-23-22-13(2)25-20/h3-10,12,18H,11H2,1-2H3,(H,21,24)/t12-,18-/m1/s1. The van der Waals surface area contributed by atoms with Crippen molar-refractivity contribution < 1.29 is 13.9 Å². The van der Waals surface area contributed by atoms with Crippen molar-refractivity contribution in [2.24, 2.45) is 0 Å². The molecule has 0 bridgehead atoms. The van der Waals surface area contributed by atoms with Gasteiger partial charge in [0, 0.05) is 18.4 Å². The third-order valence-electron chi connectivity index (χ3n) is 4.64. The van der Waals surface area contributed by atoms with Gasteiger partial charge in [-0.1, -0.05) is 37.3 Å². The number of ether oxygens (including phenoxy) is 1. The summed E-state index contributed by atoms with van der Waals surface area (Å²) in [6.45, 7) is 4.25. The molecule has 0 spiro atoms. The number of para-hydroxylation sites is 1. The maximum absolute atomic E-state index is 12.7. The summed E-state index contributed by atoms with van der Waals surface area (Å²) in [6, 6.07) is 15.2. The molecule has 1 aromatic heterocycles. The lowest BCUT2D eigenvalue weighted by Gasteiger charge is -2.16. The monoisotopic (exact) mass is 349 g/mol. The average molecular weight is 349 g/mol. The van der Waals surface area contributed by atoms with Gasteiger partial charge in [-0.3, -0.25) is 4.79 Å². The van der Waals surface area contributed by atoms with Crippen molar-refractivity contribution in [2.45, 2.75) is 25.9 Å². The van der Waals surface area contributed by atoms with Crippen LogP contribution < -0.4 is 10.1 Å². The first-order chi connectivity index (χ1) is 12.6. The van der Waals surface area contributed by atoms with Gasteiger partial charge in [-0.05, 0) is 18.2 Å². The minimum absolute atomic E-state index is 0.0887. The molecule has 6 heteroatoms. The number of hydrogen-bond donors (Lipinski definition) is 1. The number of amides is 1. The smallest absolute Gasteiger partial charge is 0.252 e. The molecular formula is C20H19N3O3. The fourth-order valence-electron chi connectivity index (χ4n) is 3.21. The molecule has 0 saturated heterocycles. The topological polar surface area (TPSA) is 77.2 Å². The minimum Gasteiger partial charge on any atom is -0.488 e. The van der Waals surface area contributed by atoms with Crippen molar-refractivity contribution in [3.8, 4) is 17.2 Å². The molecule has 0 radical (unpaired) electrons. The first-order valence-electron chi connectivity index (χ1n) is 8.57. The van der Waals surface area contributed by atoms with E-state index in [-0.39, 0.29) is 17.9 Å². The molecule has 26 heavy (non-hydrogen) atoms. The van der Waals surface area contributed by atoms with Crippen molar-refractivity contribution >= 4 is 5.91 Å². The largest absolute Gasteiger partial charge is 0.488 e. The average Bonchev–Trinajstić information content (AvgIpc) is 3.24. The highest BCUT2D eigenvalue weighted by molar-refractivity contribution is 5.99. The number of hydrogen-bond acceptors (Lipinski definition) is 5. The van der Waals surface area contributed by atoms with E-state index < -0.39 is 0 Å². The first kappa shape index (κ1) is 16.3. The van der Waals surface area contributed by atoms with E-state index >= 15 is 0 Å². The van der Waals surface area contributed by atoms with Crippen LogP contribution in [0.1, 0.15) is 34.7 Å². The van der Waals surface area contributed by atoms with E-state index in [1.807, 2.05) is 30.3 Å². The molecule has 1 aliphatic rings. The van der Waals surface area contributed by atoms with Crippen LogP contribution in [-0.4, -0.2) is 28.8 Å². The van der Waals surface area contributed by atoms with Gasteiger partial charge in [-0.15, -0.1) is 10.2 Å². The molecule has 4 rings (SSSR count). The molecule has 1 N–H and O–H groups in total. The normalized spacial score (nSPS) is 18.2. The zero-order valence-corrected chi connectivity index (χ0v) is 14.6. The van der Waals surface area contributed by atoms with Gasteiger partial charge in [0.25, 0.3) is 5.91 Å². The van der Waals surface area contributed by atoms with Crippen LogP contribution in [-0.2, 0) is 0 Å². The van der Waals surface area contributed by atoms with Gasteiger partial charge in [0.05, 0.1) is 17.7 Å². The molecule has 1 aliphatic heterocycles. The molecule has 0 saturated carbocycles. The van der Waals surface area contributed by atoms with E-state index in [9.17, 15) is 4.79 Å². The lowest BCUT2D eigenvalue weighted by Crippen LogP contribution is -2.36. The Morgan fingerprint density at radius 2 is 1.88 bits per heavy atom. The Kier molecular flexibility index (Phi) is 4.16. The van der Waals surface area contributed by atoms with Crippen LogP contribution in [0.5, 0.6) is 5.75 Å². The minimum atomic E-state index is -0.191. The summed E-state index contributed by atoms with van der Waals surface area (Å²) >= 11 is 0. The van der Waals surface area contributed by atoms with Crippen molar-refractivity contribution in [1.82, 2.24) is 15.5 Å². The van der Waals surface area contributed by atoms with Crippen LogP contribution in [0.3, 0.4) is 0 Å². The number of fused-ring (bicyclic) bond motifs is 1. The Morgan fingerprint density at radius 1 is 1.12 bits per heavy atom. The van der Waals surface area contributed by atoms with E-state index in [0.717, 1.165) is 5.75 Å². The highest BCUT2D eigenvalue weighted by Gasteiger charge is 2.31. The van der Waals surface area contributed by atoms with Gasteiger partial charge in [0.1, 0.15) is 11.9 Å². The zero-order valence-electron chi connectivity index (χ0n) is 14.6. The summed E-state index contributed by atoms with van der Waals surface area (Å²) < 4.78 is 11.4. The molecule has 0 fully saturated rings. The van der Waals surface area contributed by atoms with E-state index in [2.05, 4.69) is 28.5 Å². The number of aryl methyl sites for hydroxylation is 1. The Bertz CT molecular complexity index is 951. The third kappa shape index (κ3) is 2.94. The van der Waals surface area contributed by atoms with Crippen molar-refractivity contribution in [3.63, 3.8) is 0 Å². The fourth-order valence-corrected chi connectivity index (χ4v) is 3.21. The summed E-state index contributed by atoms with van der Waals surface area (Å²) in [6.07, 6.45) is -0.0887. The number of carbonyl (C=O) groups is 1. The number of aromatic nitrogens is 2. The van der Waals surface area contributed by atoms with Gasteiger partial charge >= 0.3 is 0 Å². The number of benzene rings is 2. The van der Waals surface area contributed by atoms with Gasteiger partial charge in [0.15, 0.2) is 0 Å². The van der Waals surface area contributed by atoms with Gasteiger partial charge in [-0.2, -0.15) is 0 Å². The third-order valence-corrected chi connectivity index (χ3v) is 4.64. The summed E-state index contributed by atoms with van der Waals surface area (Å²) in [5.41, 5.74) is 2.29. The van der Waals surface area contributed by atoms with Crippen LogP contribution in [0.25, 0.3) is 11.5 Å². The van der Waals surface area contributed by atoms with Crippen LogP contribution in [0.4, 0.5) is 0 Å². The van der Waals surface area contributed by atoms with E-state index in [4.69, 9.17) is 9.15 Å². The maximum Gasteiger partial charge on any atom is 0.252 e. The highest BCUT2D eigenvalue weighted by atomic mass is 16.5. The second-order valence-electron chi connectivity index (χ2n) is 6.36. The fraction of sp³-hybridized carbons (Fsp3) is 0.250. The first-order valence-corrected chi connectivity index (χ1v) is 8.57. The Morgan fingerprint density at radius 3 is 2.65 bits per heavy atom. The second-order valence-corrected chi connectivity index (χ2v) is 6.36. The molecule has 1 amide bonds. The SMILES string of the molecule is Cc1nnc(-c2ccccc2C(=O)NC[C@H]2Oc3ccccc3[C@H]2C)o1. The van der Waals surface area contributed by atoms with Crippen LogP contribution in [0, 0.1) is 6.92 Å². The summed E-state index contributed by atoms with van der Waals surface area (Å²) in [4.78, 5) is 12.7. The van der Waals surface area contributed by atoms with Crippen molar-refractivity contribution in [2.75, 3.05) is 6.54 Å². The van der Waals surface area contributed by atoms with E-state index in [1.165, 1.54) is 5.56 Å². The molecule has 2 aromatic carbocycles. The molecule has 2 heterocycles. The molecule has 0 aliphatic carbocycles. The van der Waals surface area contributed by atoms with Crippen molar-refractivity contribution in [3.05, 3.63) is 65.5 Å².